The van der Waals surface area contributed by atoms with Crippen LogP contribution < -0.4 is 5.32 Å². The number of hydrogen-bond acceptors (Lipinski definition) is 5. The molecule has 2 rings (SSSR count). The fourth-order valence-electron chi connectivity index (χ4n) is 1.28. The van der Waals surface area contributed by atoms with Crippen molar-refractivity contribution in [3.8, 4) is 0 Å². The van der Waals surface area contributed by atoms with Crippen molar-refractivity contribution in [2.45, 2.75) is 13.1 Å². The first-order valence-corrected chi connectivity index (χ1v) is 5.52. The van der Waals surface area contributed by atoms with Crippen molar-refractivity contribution in [1.29, 1.82) is 0 Å². The zero-order valence-electron chi connectivity index (χ0n) is 8.38. The Hall–Kier alpha value is -1.66. The molecule has 16 heavy (non-hydrogen) atoms. The van der Waals surface area contributed by atoms with Crippen molar-refractivity contribution >= 4 is 16.3 Å². The lowest BCUT2D eigenvalue weighted by Gasteiger charge is -1.98. The van der Waals surface area contributed by atoms with Crippen LogP contribution in [0.5, 0.6) is 0 Å². The van der Waals surface area contributed by atoms with E-state index in [1.165, 1.54) is 17.4 Å². The van der Waals surface area contributed by atoms with Crippen LogP contribution in [-0.2, 0) is 13.1 Å². The largest absolute Gasteiger partial charge is 0.472 e. The summed E-state index contributed by atoms with van der Waals surface area (Å²) >= 11 is 1.19. The minimum absolute atomic E-state index is 0.181. The third-order valence-corrected chi connectivity index (χ3v) is 3.07. The molecule has 0 radical (unpaired) electrons. The molecule has 0 saturated carbocycles. The third kappa shape index (κ3) is 2.68. The number of hydrogen-bond donors (Lipinski definition) is 1. The summed E-state index contributed by atoms with van der Waals surface area (Å²) in [5.41, 5.74) is 1.06. The second-order valence-corrected chi connectivity index (χ2v) is 4.38. The lowest BCUT2D eigenvalue weighted by Crippen LogP contribution is -2.10. The molecule has 0 fully saturated rings. The summed E-state index contributed by atoms with van der Waals surface area (Å²) in [6, 6.07) is 5.18. The van der Waals surface area contributed by atoms with Gasteiger partial charge in [0.15, 0.2) is 0 Å². The molecule has 0 aliphatic carbocycles. The number of nitro groups is 1. The van der Waals surface area contributed by atoms with Gasteiger partial charge in [-0.05, 0) is 12.1 Å². The van der Waals surface area contributed by atoms with Crippen LogP contribution in [0.15, 0.2) is 35.1 Å². The van der Waals surface area contributed by atoms with Crippen LogP contribution >= 0.6 is 11.3 Å². The van der Waals surface area contributed by atoms with Gasteiger partial charge in [0.25, 0.3) is 0 Å². The number of nitrogens with one attached hydrogen (secondary N) is 1. The van der Waals surface area contributed by atoms with Gasteiger partial charge in [-0.25, -0.2) is 0 Å². The van der Waals surface area contributed by atoms with Crippen molar-refractivity contribution < 1.29 is 9.34 Å². The Morgan fingerprint density at radius 2 is 2.25 bits per heavy atom. The van der Waals surface area contributed by atoms with Crippen LogP contribution in [0, 0.1) is 10.1 Å². The topological polar surface area (TPSA) is 68.3 Å². The maximum absolute atomic E-state index is 10.5. The molecule has 6 heteroatoms. The van der Waals surface area contributed by atoms with Gasteiger partial charge in [0.1, 0.15) is 0 Å². The van der Waals surface area contributed by atoms with E-state index in [4.69, 9.17) is 4.42 Å². The van der Waals surface area contributed by atoms with E-state index >= 15 is 0 Å². The smallest absolute Gasteiger partial charge is 0.324 e. The highest BCUT2D eigenvalue weighted by Gasteiger charge is 2.08. The molecule has 2 heterocycles. The van der Waals surface area contributed by atoms with Crippen LogP contribution in [0.2, 0.25) is 0 Å². The molecule has 0 atom stereocenters. The standard InChI is InChI=1S/C10H10N2O3S/c13-12(14)10-2-1-9(16-10)6-11-5-8-3-4-15-7-8/h1-4,7,11H,5-6H2. The predicted molar refractivity (Wildman–Crippen MR) is 60.2 cm³/mol. The Morgan fingerprint density at radius 3 is 2.88 bits per heavy atom. The molecule has 2 aromatic heterocycles. The van der Waals surface area contributed by atoms with E-state index in [9.17, 15) is 10.1 Å². The maximum atomic E-state index is 10.5. The first-order chi connectivity index (χ1) is 7.75. The fourth-order valence-corrected chi connectivity index (χ4v) is 2.07. The molecular formula is C10H10N2O3S. The number of nitrogens with zero attached hydrogens (tertiary/aromatic N) is 1. The molecule has 0 unspecified atom stereocenters. The lowest BCUT2D eigenvalue weighted by molar-refractivity contribution is -0.380. The number of rotatable bonds is 5. The zero-order valence-corrected chi connectivity index (χ0v) is 9.20. The van der Waals surface area contributed by atoms with Gasteiger partial charge in [0.2, 0.25) is 0 Å². The van der Waals surface area contributed by atoms with Gasteiger partial charge in [-0.15, -0.1) is 0 Å². The second kappa shape index (κ2) is 4.91. The summed E-state index contributed by atoms with van der Waals surface area (Å²) < 4.78 is 4.93. The van der Waals surface area contributed by atoms with Gasteiger partial charge in [-0.3, -0.25) is 10.1 Å². The van der Waals surface area contributed by atoms with Crippen molar-refractivity contribution in [2.24, 2.45) is 0 Å². The normalized spacial score (nSPS) is 10.5. The summed E-state index contributed by atoms with van der Waals surface area (Å²) in [6.07, 6.45) is 3.29. The molecule has 1 N–H and O–H groups in total. The predicted octanol–water partition coefficient (Wildman–Crippen LogP) is 2.54. The minimum Gasteiger partial charge on any atom is -0.472 e. The van der Waals surface area contributed by atoms with E-state index in [1.54, 1.807) is 18.6 Å². The van der Waals surface area contributed by atoms with Gasteiger partial charge in [0.05, 0.1) is 17.4 Å². The van der Waals surface area contributed by atoms with Crippen LogP contribution in [0.25, 0.3) is 0 Å². The first kappa shape index (κ1) is 10.8. The molecule has 0 spiro atoms. The SMILES string of the molecule is O=[N+]([O-])c1ccc(CNCc2ccoc2)s1. The molecule has 5 nitrogen and oxygen atoms in total. The Bertz CT molecular complexity index is 464. The summed E-state index contributed by atoms with van der Waals surface area (Å²) in [5.74, 6) is 0. The monoisotopic (exact) mass is 238 g/mol. The molecule has 0 amide bonds. The Balaban J connectivity index is 1.83. The van der Waals surface area contributed by atoms with E-state index in [0.717, 1.165) is 10.4 Å². The van der Waals surface area contributed by atoms with Gasteiger partial charge >= 0.3 is 5.00 Å². The Labute approximate surface area is 95.9 Å². The molecule has 0 saturated heterocycles. The van der Waals surface area contributed by atoms with Crippen molar-refractivity contribution in [1.82, 2.24) is 5.32 Å². The molecule has 2 aromatic rings. The highest BCUT2D eigenvalue weighted by Crippen LogP contribution is 2.23. The molecule has 0 aliphatic rings. The average Bonchev–Trinajstić information content (AvgIpc) is 2.87. The summed E-state index contributed by atoms with van der Waals surface area (Å²) in [6.45, 7) is 1.33. The first-order valence-electron chi connectivity index (χ1n) is 4.70. The molecule has 0 aromatic carbocycles. The van der Waals surface area contributed by atoms with Crippen LogP contribution in [0.1, 0.15) is 10.4 Å². The molecular weight excluding hydrogens is 228 g/mol. The highest BCUT2D eigenvalue weighted by atomic mass is 32.1. The quantitative estimate of drug-likeness (QED) is 0.642. The third-order valence-electron chi connectivity index (χ3n) is 2.04. The lowest BCUT2D eigenvalue weighted by atomic mass is 10.3. The number of furan rings is 1. The highest BCUT2D eigenvalue weighted by molar-refractivity contribution is 7.15. The minimum atomic E-state index is -0.371. The fraction of sp³-hybridized carbons (Fsp3) is 0.200. The summed E-state index contributed by atoms with van der Waals surface area (Å²) in [7, 11) is 0. The van der Waals surface area contributed by atoms with Gasteiger partial charge in [-0.1, -0.05) is 11.3 Å². The molecule has 0 aliphatic heterocycles. The van der Waals surface area contributed by atoms with E-state index in [0.29, 0.717) is 13.1 Å². The molecule has 0 bridgehead atoms. The molecule has 84 valence electrons. The average molecular weight is 238 g/mol. The van der Waals surface area contributed by atoms with E-state index < -0.39 is 0 Å². The van der Waals surface area contributed by atoms with Crippen LogP contribution in [-0.4, -0.2) is 4.92 Å². The Kier molecular flexibility index (Phi) is 3.33. The van der Waals surface area contributed by atoms with Crippen molar-refractivity contribution in [2.75, 3.05) is 0 Å². The van der Waals surface area contributed by atoms with Crippen LogP contribution in [0.4, 0.5) is 5.00 Å². The second-order valence-electron chi connectivity index (χ2n) is 3.23. The van der Waals surface area contributed by atoms with Gasteiger partial charge in [-0.2, -0.15) is 0 Å². The number of thiophene rings is 1. The van der Waals surface area contributed by atoms with E-state index in [2.05, 4.69) is 5.32 Å². The summed E-state index contributed by atoms with van der Waals surface area (Å²) in [4.78, 5) is 11.0. The zero-order chi connectivity index (χ0) is 11.4. The van der Waals surface area contributed by atoms with Crippen molar-refractivity contribution in [3.63, 3.8) is 0 Å². The van der Waals surface area contributed by atoms with Gasteiger partial charge < -0.3 is 9.73 Å². The van der Waals surface area contributed by atoms with Crippen molar-refractivity contribution in [3.05, 3.63) is 51.3 Å². The van der Waals surface area contributed by atoms with E-state index in [-0.39, 0.29) is 9.92 Å². The summed E-state index contributed by atoms with van der Waals surface area (Å²) in [5, 5.41) is 13.8. The maximum Gasteiger partial charge on any atom is 0.324 e. The van der Waals surface area contributed by atoms with Crippen LogP contribution in [0.3, 0.4) is 0 Å². The Morgan fingerprint density at radius 1 is 1.38 bits per heavy atom. The van der Waals surface area contributed by atoms with Gasteiger partial charge in [0, 0.05) is 29.6 Å². The van der Waals surface area contributed by atoms with E-state index in [1.807, 2.05) is 6.07 Å².